The van der Waals surface area contributed by atoms with Gasteiger partial charge < -0.3 is 14.2 Å². The lowest BCUT2D eigenvalue weighted by Gasteiger charge is -2.33. The molecule has 2 fully saturated rings. The second kappa shape index (κ2) is 7.32. The van der Waals surface area contributed by atoms with Gasteiger partial charge >= 0.3 is 5.97 Å². The molecule has 0 radical (unpaired) electrons. The van der Waals surface area contributed by atoms with E-state index in [0.29, 0.717) is 18.0 Å². The van der Waals surface area contributed by atoms with Gasteiger partial charge in [0.2, 0.25) is 0 Å². The lowest BCUT2D eigenvalue weighted by molar-refractivity contribution is -0.183. The van der Waals surface area contributed by atoms with E-state index in [2.05, 4.69) is 30.9 Å². The van der Waals surface area contributed by atoms with Crippen molar-refractivity contribution in [2.75, 3.05) is 13.2 Å². The molecule has 0 aromatic heterocycles. The maximum atomic E-state index is 11.5. The fraction of sp³-hybridized carbons (Fsp3) is 0.833. The van der Waals surface area contributed by atoms with E-state index < -0.39 is 0 Å². The quantitative estimate of drug-likeness (QED) is 0.575. The number of hydrogen-bond acceptors (Lipinski definition) is 5. The summed E-state index contributed by atoms with van der Waals surface area (Å²) < 4.78 is 17.1. The Balaban J connectivity index is 1.70. The molecule has 0 saturated carbocycles. The SMILES string of the molecule is CC(=O)O[C@@H]1[C@@H]2CC=C[C@H]1N(C(C)C)[C@@H]2CCC1OCCCO1. The number of allylic oxidation sites excluding steroid dienone is 1. The highest BCUT2D eigenvalue weighted by Crippen LogP contribution is 2.42. The molecule has 5 heteroatoms. The number of fused-ring (bicyclic) bond motifs is 2. The largest absolute Gasteiger partial charge is 0.460 e. The van der Waals surface area contributed by atoms with E-state index in [1.54, 1.807) is 0 Å². The third kappa shape index (κ3) is 3.62. The number of carbonyl (C=O) groups is 1. The second-order valence-electron chi connectivity index (χ2n) is 7.10. The molecule has 2 bridgehead atoms. The van der Waals surface area contributed by atoms with Crippen LogP contribution < -0.4 is 0 Å². The first-order valence-corrected chi connectivity index (χ1v) is 8.92. The minimum Gasteiger partial charge on any atom is -0.460 e. The van der Waals surface area contributed by atoms with Crippen molar-refractivity contribution in [2.45, 2.75) is 77.0 Å². The summed E-state index contributed by atoms with van der Waals surface area (Å²) in [6.45, 7) is 7.55. The predicted molar refractivity (Wildman–Crippen MR) is 86.9 cm³/mol. The van der Waals surface area contributed by atoms with Crippen LogP contribution in [0.4, 0.5) is 0 Å². The first kappa shape index (κ1) is 16.9. The molecule has 2 saturated heterocycles. The highest BCUT2D eigenvalue weighted by Gasteiger charge is 2.51. The Labute approximate surface area is 138 Å². The molecule has 2 heterocycles. The van der Waals surface area contributed by atoms with Crippen LogP contribution in [0.2, 0.25) is 0 Å². The van der Waals surface area contributed by atoms with Crippen molar-refractivity contribution in [1.82, 2.24) is 4.90 Å². The average molecular weight is 323 g/mol. The zero-order valence-electron chi connectivity index (χ0n) is 14.4. The lowest BCUT2D eigenvalue weighted by atomic mass is 9.86. The molecule has 0 N–H and O–H groups in total. The van der Waals surface area contributed by atoms with Gasteiger partial charge in [-0.15, -0.1) is 0 Å². The molecule has 3 aliphatic rings. The molecule has 1 aliphatic carbocycles. The van der Waals surface area contributed by atoms with E-state index >= 15 is 0 Å². The number of ether oxygens (including phenoxy) is 3. The number of carbonyl (C=O) groups excluding carboxylic acids is 1. The van der Waals surface area contributed by atoms with Crippen molar-refractivity contribution in [3.8, 4) is 0 Å². The van der Waals surface area contributed by atoms with Crippen molar-refractivity contribution in [3.63, 3.8) is 0 Å². The monoisotopic (exact) mass is 323 g/mol. The number of esters is 1. The Morgan fingerprint density at radius 1 is 1.30 bits per heavy atom. The molecule has 5 nitrogen and oxygen atoms in total. The van der Waals surface area contributed by atoms with E-state index in [0.717, 1.165) is 38.9 Å². The van der Waals surface area contributed by atoms with E-state index in [-0.39, 0.29) is 24.4 Å². The van der Waals surface area contributed by atoms with Crippen LogP contribution in [-0.2, 0) is 19.0 Å². The second-order valence-corrected chi connectivity index (χ2v) is 7.10. The number of nitrogens with zero attached hydrogens (tertiary/aromatic N) is 1. The molecule has 0 aromatic rings. The van der Waals surface area contributed by atoms with Crippen LogP contribution in [0.25, 0.3) is 0 Å². The summed E-state index contributed by atoms with van der Waals surface area (Å²) in [4.78, 5) is 14.0. The Morgan fingerprint density at radius 3 is 2.70 bits per heavy atom. The zero-order valence-corrected chi connectivity index (χ0v) is 14.4. The standard InChI is InChI=1S/C18H29NO4/c1-12(2)19-15(8-9-17-21-10-5-11-22-17)14-6-4-7-16(19)18(14)23-13(3)20/h4,7,12,14-18H,5-6,8-11H2,1-3H3/t14-,15-,16-,18-/m1/s1. The van der Waals surface area contributed by atoms with Crippen LogP contribution in [0.1, 0.15) is 46.5 Å². The van der Waals surface area contributed by atoms with Crippen molar-refractivity contribution in [3.05, 3.63) is 12.2 Å². The molecule has 2 aliphatic heterocycles. The highest BCUT2D eigenvalue weighted by atomic mass is 16.7. The van der Waals surface area contributed by atoms with Gasteiger partial charge in [0.1, 0.15) is 6.10 Å². The van der Waals surface area contributed by atoms with Gasteiger partial charge in [-0.1, -0.05) is 12.2 Å². The summed E-state index contributed by atoms with van der Waals surface area (Å²) in [5.74, 6) is 0.198. The summed E-state index contributed by atoms with van der Waals surface area (Å²) in [6, 6.07) is 1.04. The van der Waals surface area contributed by atoms with E-state index in [9.17, 15) is 4.79 Å². The molecule has 130 valence electrons. The fourth-order valence-electron chi connectivity index (χ4n) is 4.41. The minimum atomic E-state index is -0.177. The molecular formula is C18H29NO4. The maximum Gasteiger partial charge on any atom is 0.302 e. The molecule has 0 aromatic carbocycles. The maximum absolute atomic E-state index is 11.5. The molecule has 0 amide bonds. The first-order chi connectivity index (χ1) is 11.1. The lowest BCUT2D eigenvalue weighted by Crippen LogP contribution is -2.43. The van der Waals surface area contributed by atoms with Gasteiger partial charge in [0, 0.05) is 24.9 Å². The fourth-order valence-corrected chi connectivity index (χ4v) is 4.41. The number of likely N-dealkylation sites (tertiary alicyclic amines) is 1. The van der Waals surface area contributed by atoms with Gasteiger partial charge in [0.25, 0.3) is 0 Å². The summed E-state index contributed by atoms with van der Waals surface area (Å²) in [6.07, 6.45) is 8.27. The highest BCUT2D eigenvalue weighted by molar-refractivity contribution is 5.66. The van der Waals surface area contributed by atoms with E-state index in [1.165, 1.54) is 6.92 Å². The third-order valence-electron chi connectivity index (χ3n) is 5.21. The van der Waals surface area contributed by atoms with Crippen LogP contribution in [0.15, 0.2) is 12.2 Å². The Morgan fingerprint density at radius 2 is 2.04 bits per heavy atom. The minimum absolute atomic E-state index is 0.0157. The zero-order chi connectivity index (χ0) is 16.4. The van der Waals surface area contributed by atoms with Gasteiger partial charge in [-0.2, -0.15) is 0 Å². The summed E-state index contributed by atoms with van der Waals surface area (Å²) in [5.41, 5.74) is 0. The molecular weight excluding hydrogens is 294 g/mol. The summed E-state index contributed by atoms with van der Waals surface area (Å²) in [5, 5.41) is 0. The molecule has 23 heavy (non-hydrogen) atoms. The van der Waals surface area contributed by atoms with Crippen molar-refractivity contribution in [2.24, 2.45) is 5.92 Å². The summed E-state index contributed by atoms with van der Waals surface area (Å²) in [7, 11) is 0. The molecule has 4 atom stereocenters. The molecule has 0 unspecified atom stereocenters. The van der Waals surface area contributed by atoms with Gasteiger partial charge in [0.15, 0.2) is 6.29 Å². The van der Waals surface area contributed by atoms with Crippen molar-refractivity contribution >= 4 is 5.97 Å². The van der Waals surface area contributed by atoms with Crippen LogP contribution in [0.3, 0.4) is 0 Å². The van der Waals surface area contributed by atoms with Gasteiger partial charge in [-0.05, 0) is 39.5 Å². The molecule has 0 spiro atoms. The third-order valence-corrected chi connectivity index (χ3v) is 5.21. The Kier molecular flexibility index (Phi) is 5.39. The Bertz CT molecular complexity index is 444. The number of rotatable bonds is 5. The van der Waals surface area contributed by atoms with Gasteiger partial charge in [0.05, 0.1) is 19.3 Å². The Hall–Kier alpha value is -0.910. The van der Waals surface area contributed by atoms with Crippen LogP contribution >= 0.6 is 0 Å². The van der Waals surface area contributed by atoms with Crippen molar-refractivity contribution < 1.29 is 19.0 Å². The predicted octanol–water partition coefficient (Wildman–Crippen LogP) is 2.50. The topological polar surface area (TPSA) is 48.0 Å². The normalized spacial score (nSPS) is 35.0. The number of hydrogen-bond donors (Lipinski definition) is 0. The van der Waals surface area contributed by atoms with Crippen LogP contribution in [0.5, 0.6) is 0 Å². The average Bonchev–Trinajstić information content (AvgIpc) is 2.68. The van der Waals surface area contributed by atoms with Crippen LogP contribution in [-0.4, -0.2) is 54.6 Å². The van der Waals surface area contributed by atoms with E-state index in [4.69, 9.17) is 14.2 Å². The van der Waals surface area contributed by atoms with Crippen LogP contribution in [0, 0.1) is 5.92 Å². The van der Waals surface area contributed by atoms with Gasteiger partial charge in [-0.25, -0.2) is 0 Å². The van der Waals surface area contributed by atoms with E-state index in [1.807, 2.05) is 0 Å². The first-order valence-electron chi connectivity index (χ1n) is 8.92. The molecule has 3 rings (SSSR count). The summed E-state index contributed by atoms with van der Waals surface area (Å²) >= 11 is 0. The van der Waals surface area contributed by atoms with Gasteiger partial charge in [-0.3, -0.25) is 9.69 Å². The van der Waals surface area contributed by atoms with Crippen molar-refractivity contribution in [1.29, 1.82) is 0 Å². The smallest absolute Gasteiger partial charge is 0.302 e.